The van der Waals surface area contributed by atoms with Gasteiger partial charge in [-0.2, -0.15) is 0 Å². The second-order valence-corrected chi connectivity index (χ2v) is 4.96. The zero-order chi connectivity index (χ0) is 14.1. The van der Waals surface area contributed by atoms with Gasteiger partial charge in [-0.05, 0) is 31.0 Å². The number of nitrogens with one attached hydrogen (secondary N) is 1. The van der Waals surface area contributed by atoms with Crippen LogP contribution in [0.15, 0.2) is 24.4 Å². The van der Waals surface area contributed by atoms with Gasteiger partial charge in [-0.1, -0.05) is 6.07 Å². The quantitative estimate of drug-likeness (QED) is 0.934. The maximum atomic E-state index is 5.40. The molecule has 1 aliphatic heterocycles. The summed E-state index contributed by atoms with van der Waals surface area (Å²) >= 11 is 0. The lowest BCUT2D eigenvalue weighted by Crippen LogP contribution is -2.23. The van der Waals surface area contributed by atoms with Gasteiger partial charge in [-0.15, -0.1) is 0 Å². The lowest BCUT2D eigenvalue weighted by Gasteiger charge is -2.26. The summed E-state index contributed by atoms with van der Waals surface area (Å²) in [6, 6.07) is 6.39. The summed E-state index contributed by atoms with van der Waals surface area (Å²) < 4.78 is 12.9. The van der Waals surface area contributed by atoms with E-state index in [-0.39, 0.29) is 6.04 Å². The first-order valence-corrected chi connectivity index (χ1v) is 6.74. The van der Waals surface area contributed by atoms with Crippen LogP contribution in [-0.4, -0.2) is 30.3 Å². The van der Waals surface area contributed by atoms with Crippen LogP contribution in [0, 0.1) is 6.92 Å². The lowest BCUT2D eigenvalue weighted by atomic mass is 10.0. The highest BCUT2D eigenvalue weighted by molar-refractivity contribution is 5.45. The number of aryl methyl sites for hydroxylation is 1. The molecule has 5 nitrogen and oxygen atoms in total. The number of aromatic nitrogens is 2. The smallest absolute Gasteiger partial charge is 0.203 e. The van der Waals surface area contributed by atoms with Crippen LogP contribution >= 0.6 is 0 Å². The summed E-state index contributed by atoms with van der Waals surface area (Å²) in [5, 5.41) is 3.33. The van der Waals surface area contributed by atoms with Crippen LogP contribution < -0.4 is 14.8 Å². The molecule has 20 heavy (non-hydrogen) atoms. The monoisotopic (exact) mass is 273 g/mol. The molecule has 0 saturated carbocycles. The van der Waals surface area contributed by atoms with E-state index in [1.165, 1.54) is 5.56 Å². The molecule has 1 unspecified atom stereocenters. The Labute approximate surface area is 118 Å². The summed E-state index contributed by atoms with van der Waals surface area (Å²) in [5.41, 5.74) is 2.24. The summed E-state index contributed by atoms with van der Waals surface area (Å²) in [6.45, 7) is 2.94. The second-order valence-electron chi connectivity index (χ2n) is 4.96. The molecule has 1 aliphatic rings. The van der Waals surface area contributed by atoms with Gasteiger partial charge in [0.05, 0.1) is 26.0 Å². The molecule has 2 heterocycles. The molecule has 5 heteroatoms. The van der Waals surface area contributed by atoms with E-state index in [1.54, 1.807) is 14.2 Å². The Hall–Kier alpha value is -2.17. The van der Waals surface area contributed by atoms with E-state index in [0.717, 1.165) is 36.1 Å². The molecule has 3 rings (SSSR count). The number of hydrogen-bond donors (Lipinski definition) is 1. The average molecular weight is 273 g/mol. The van der Waals surface area contributed by atoms with E-state index in [2.05, 4.69) is 27.1 Å². The number of hydrogen-bond acceptors (Lipinski definition) is 4. The van der Waals surface area contributed by atoms with Crippen molar-refractivity contribution in [2.45, 2.75) is 19.4 Å². The van der Waals surface area contributed by atoms with Crippen molar-refractivity contribution < 1.29 is 9.47 Å². The zero-order valence-corrected chi connectivity index (χ0v) is 12.0. The maximum Gasteiger partial charge on any atom is 0.203 e. The molecular weight excluding hydrogens is 254 g/mol. The van der Waals surface area contributed by atoms with Crippen LogP contribution in [0.25, 0.3) is 0 Å². The summed E-state index contributed by atoms with van der Waals surface area (Å²) in [6.07, 6.45) is 3.11. The first kappa shape index (κ1) is 12.8. The number of fused-ring (bicyclic) bond motifs is 1. The van der Waals surface area contributed by atoms with Gasteiger partial charge in [0, 0.05) is 12.7 Å². The predicted molar refractivity (Wildman–Crippen MR) is 77.8 cm³/mol. The molecule has 1 N–H and O–H groups in total. The Balaban J connectivity index is 2.01. The second kappa shape index (κ2) is 5.07. The third kappa shape index (κ3) is 2.09. The highest BCUT2D eigenvalue weighted by atomic mass is 16.5. The zero-order valence-electron chi connectivity index (χ0n) is 12.0. The van der Waals surface area contributed by atoms with Crippen molar-refractivity contribution in [1.82, 2.24) is 9.55 Å². The molecule has 0 amide bonds. The standard InChI is InChI=1S/C15H19N3O2/c1-10-9-18-12(6-7-16-15(18)17-10)11-4-5-13(19-2)14(8-11)20-3/h4-5,8-9,12H,6-7H2,1-3H3,(H,16,17). The van der Waals surface area contributed by atoms with Crippen LogP contribution in [0.5, 0.6) is 11.5 Å². The van der Waals surface area contributed by atoms with Gasteiger partial charge in [-0.3, -0.25) is 0 Å². The molecule has 0 fully saturated rings. The molecule has 0 radical (unpaired) electrons. The Bertz CT molecular complexity index is 622. The third-order valence-corrected chi connectivity index (χ3v) is 3.68. The van der Waals surface area contributed by atoms with Crippen molar-refractivity contribution >= 4 is 5.95 Å². The summed E-state index contributed by atoms with van der Waals surface area (Å²) in [5.74, 6) is 2.46. The molecule has 0 spiro atoms. The number of nitrogens with zero attached hydrogens (tertiary/aromatic N) is 2. The molecule has 1 aromatic heterocycles. The lowest BCUT2D eigenvalue weighted by molar-refractivity contribution is 0.353. The fourth-order valence-electron chi connectivity index (χ4n) is 2.73. The fourth-order valence-corrected chi connectivity index (χ4v) is 2.73. The highest BCUT2D eigenvalue weighted by Gasteiger charge is 2.23. The number of ether oxygens (including phenoxy) is 2. The van der Waals surface area contributed by atoms with Crippen molar-refractivity contribution in [2.24, 2.45) is 0 Å². The first-order valence-electron chi connectivity index (χ1n) is 6.74. The highest BCUT2D eigenvalue weighted by Crippen LogP contribution is 2.35. The van der Waals surface area contributed by atoms with Crippen molar-refractivity contribution in [1.29, 1.82) is 0 Å². The minimum atomic E-state index is 0.284. The van der Waals surface area contributed by atoms with E-state index in [9.17, 15) is 0 Å². The van der Waals surface area contributed by atoms with Crippen LogP contribution in [0.1, 0.15) is 23.7 Å². The SMILES string of the molecule is COc1ccc(C2CCNc3nc(C)cn32)cc1OC. The largest absolute Gasteiger partial charge is 0.493 e. The predicted octanol–water partition coefficient (Wildman–Crippen LogP) is 2.61. The normalized spacial score (nSPS) is 17.2. The van der Waals surface area contributed by atoms with Crippen molar-refractivity contribution in [3.05, 3.63) is 35.7 Å². The Kier molecular flexibility index (Phi) is 3.26. The van der Waals surface area contributed by atoms with Crippen LogP contribution in [0.3, 0.4) is 0 Å². The maximum absolute atomic E-state index is 5.40. The molecular formula is C15H19N3O2. The van der Waals surface area contributed by atoms with Gasteiger partial charge in [0.1, 0.15) is 0 Å². The minimum absolute atomic E-state index is 0.284. The topological polar surface area (TPSA) is 48.3 Å². The van der Waals surface area contributed by atoms with E-state index in [1.807, 2.05) is 19.1 Å². The Morgan fingerprint density at radius 2 is 2.05 bits per heavy atom. The third-order valence-electron chi connectivity index (χ3n) is 3.68. The minimum Gasteiger partial charge on any atom is -0.493 e. The molecule has 1 atom stereocenters. The van der Waals surface area contributed by atoms with E-state index in [4.69, 9.17) is 9.47 Å². The van der Waals surface area contributed by atoms with E-state index >= 15 is 0 Å². The summed E-state index contributed by atoms with van der Waals surface area (Å²) in [4.78, 5) is 4.50. The molecule has 1 aromatic carbocycles. The number of rotatable bonds is 3. The van der Waals surface area contributed by atoms with Crippen molar-refractivity contribution in [3.63, 3.8) is 0 Å². The number of anilines is 1. The number of methoxy groups -OCH3 is 2. The van der Waals surface area contributed by atoms with Crippen molar-refractivity contribution in [3.8, 4) is 11.5 Å². The van der Waals surface area contributed by atoms with Gasteiger partial charge in [-0.25, -0.2) is 4.98 Å². The van der Waals surface area contributed by atoms with Gasteiger partial charge < -0.3 is 19.4 Å². The molecule has 2 aromatic rings. The Morgan fingerprint density at radius 3 is 2.80 bits per heavy atom. The van der Waals surface area contributed by atoms with Gasteiger partial charge in [0.25, 0.3) is 0 Å². The van der Waals surface area contributed by atoms with E-state index < -0.39 is 0 Å². The number of benzene rings is 1. The van der Waals surface area contributed by atoms with Crippen LogP contribution in [-0.2, 0) is 0 Å². The number of imidazole rings is 1. The first-order chi connectivity index (χ1) is 9.72. The van der Waals surface area contributed by atoms with Gasteiger partial charge >= 0.3 is 0 Å². The van der Waals surface area contributed by atoms with Gasteiger partial charge in [0.15, 0.2) is 11.5 Å². The fraction of sp³-hybridized carbons (Fsp3) is 0.400. The van der Waals surface area contributed by atoms with Crippen molar-refractivity contribution in [2.75, 3.05) is 26.1 Å². The molecule has 106 valence electrons. The van der Waals surface area contributed by atoms with Gasteiger partial charge in [0.2, 0.25) is 5.95 Å². The molecule has 0 bridgehead atoms. The molecule has 0 saturated heterocycles. The Morgan fingerprint density at radius 1 is 1.25 bits per heavy atom. The summed E-state index contributed by atoms with van der Waals surface area (Å²) in [7, 11) is 3.32. The van der Waals surface area contributed by atoms with E-state index in [0.29, 0.717) is 0 Å². The van der Waals surface area contributed by atoms with Crippen LogP contribution in [0.4, 0.5) is 5.95 Å². The van der Waals surface area contributed by atoms with Crippen LogP contribution in [0.2, 0.25) is 0 Å². The average Bonchev–Trinajstić information content (AvgIpc) is 2.86. The molecule has 0 aliphatic carbocycles.